The van der Waals surface area contributed by atoms with Gasteiger partial charge in [-0.1, -0.05) is 27.2 Å². The van der Waals surface area contributed by atoms with E-state index in [-0.39, 0.29) is 18.1 Å². The molecule has 0 aromatic rings. The molecule has 4 atom stereocenters. The molecule has 104 valence electrons. The van der Waals surface area contributed by atoms with Crippen molar-refractivity contribution >= 4 is 5.97 Å². The fourth-order valence-corrected chi connectivity index (χ4v) is 3.37. The lowest BCUT2D eigenvalue weighted by molar-refractivity contribution is -0.158. The summed E-state index contributed by atoms with van der Waals surface area (Å²) < 4.78 is 5.82. The first-order valence-corrected chi connectivity index (χ1v) is 7.51. The number of hydrogen-bond donors (Lipinski definition) is 1. The van der Waals surface area contributed by atoms with Gasteiger partial charge in [0.2, 0.25) is 0 Å². The van der Waals surface area contributed by atoms with Gasteiger partial charge in [-0.05, 0) is 50.0 Å². The number of hydrogen-bond acceptors (Lipinski definition) is 3. The van der Waals surface area contributed by atoms with E-state index in [2.05, 4.69) is 26.1 Å². The summed E-state index contributed by atoms with van der Waals surface area (Å²) in [5.41, 5.74) is 0. The van der Waals surface area contributed by atoms with Crippen LogP contribution in [0.1, 0.15) is 52.9 Å². The largest absolute Gasteiger partial charge is 0.461 e. The second kappa shape index (κ2) is 6.05. The van der Waals surface area contributed by atoms with Crippen molar-refractivity contribution in [3.05, 3.63) is 0 Å². The molecule has 0 aromatic carbocycles. The fourth-order valence-electron chi connectivity index (χ4n) is 3.37. The van der Waals surface area contributed by atoms with Crippen molar-refractivity contribution in [1.82, 2.24) is 5.32 Å². The van der Waals surface area contributed by atoms with E-state index in [9.17, 15) is 4.79 Å². The highest BCUT2D eigenvalue weighted by molar-refractivity contribution is 5.76. The first kappa shape index (κ1) is 13.9. The van der Waals surface area contributed by atoms with Gasteiger partial charge in [0.15, 0.2) is 0 Å². The number of carbonyl (C=O) groups excluding carboxylic acids is 1. The number of rotatable bonds is 3. The van der Waals surface area contributed by atoms with Crippen LogP contribution in [-0.2, 0) is 9.53 Å². The highest BCUT2D eigenvalue weighted by Crippen LogP contribution is 2.35. The molecule has 3 heteroatoms. The van der Waals surface area contributed by atoms with Crippen LogP contribution in [0.3, 0.4) is 0 Å². The Bertz CT molecular complexity index is 284. The molecular weight excluding hydrogens is 226 g/mol. The molecule has 0 aromatic heterocycles. The topological polar surface area (TPSA) is 38.3 Å². The second-order valence-electron chi connectivity index (χ2n) is 6.45. The molecule has 1 saturated carbocycles. The Hall–Kier alpha value is -0.570. The lowest BCUT2D eigenvalue weighted by Gasteiger charge is -2.37. The van der Waals surface area contributed by atoms with Crippen molar-refractivity contribution in [3.8, 4) is 0 Å². The Labute approximate surface area is 111 Å². The van der Waals surface area contributed by atoms with Gasteiger partial charge in [-0.3, -0.25) is 4.79 Å². The Morgan fingerprint density at radius 2 is 2.06 bits per heavy atom. The Morgan fingerprint density at radius 3 is 2.67 bits per heavy atom. The molecule has 18 heavy (non-hydrogen) atoms. The summed E-state index contributed by atoms with van der Waals surface area (Å²) in [6.45, 7) is 7.71. The van der Waals surface area contributed by atoms with Crippen LogP contribution in [0, 0.1) is 17.8 Å². The van der Waals surface area contributed by atoms with Gasteiger partial charge in [-0.2, -0.15) is 0 Å². The number of nitrogens with one attached hydrogen (secondary N) is 1. The van der Waals surface area contributed by atoms with Crippen molar-refractivity contribution in [3.63, 3.8) is 0 Å². The molecule has 0 amide bonds. The number of ether oxygens (including phenoxy) is 1. The van der Waals surface area contributed by atoms with E-state index in [4.69, 9.17) is 4.74 Å². The molecule has 1 heterocycles. The molecule has 0 bridgehead atoms. The van der Waals surface area contributed by atoms with Crippen LogP contribution in [0.25, 0.3) is 0 Å². The van der Waals surface area contributed by atoms with Crippen molar-refractivity contribution in [1.29, 1.82) is 0 Å². The summed E-state index contributed by atoms with van der Waals surface area (Å²) in [5.74, 6) is 1.82. The van der Waals surface area contributed by atoms with E-state index in [0.29, 0.717) is 17.8 Å². The third-order valence-electron chi connectivity index (χ3n) is 4.57. The predicted molar refractivity (Wildman–Crippen MR) is 72.2 cm³/mol. The van der Waals surface area contributed by atoms with Crippen LogP contribution < -0.4 is 5.32 Å². The monoisotopic (exact) mass is 253 g/mol. The van der Waals surface area contributed by atoms with Gasteiger partial charge < -0.3 is 10.1 Å². The van der Waals surface area contributed by atoms with Crippen LogP contribution in [0.15, 0.2) is 0 Å². The summed E-state index contributed by atoms with van der Waals surface area (Å²) in [7, 11) is 0. The van der Waals surface area contributed by atoms with Gasteiger partial charge >= 0.3 is 5.97 Å². The zero-order chi connectivity index (χ0) is 13.1. The van der Waals surface area contributed by atoms with Crippen LogP contribution in [-0.4, -0.2) is 24.7 Å². The molecule has 2 aliphatic rings. The summed E-state index contributed by atoms with van der Waals surface area (Å²) >= 11 is 0. The van der Waals surface area contributed by atoms with E-state index >= 15 is 0 Å². The van der Waals surface area contributed by atoms with Gasteiger partial charge in [0.05, 0.1) is 0 Å². The average molecular weight is 253 g/mol. The van der Waals surface area contributed by atoms with E-state index in [0.717, 1.165) is 25.8 Å². The molecule has 3 unspecified atom stereocenters. The first-order valence-electron chi connectivity index (χ1n) is 7.51. The van der Waals surface area contributed by atoms with E-state index in [1.54, 1.807) is 0 Å². The number of carbonyl (C=O) groups is 1. The van der Waals surface area contributed by atoms with Crippen molar-refractivity contribution in [2.75, 3.05) is 6.54 Å². The predicted octanol–water partition coefficient (Wildman–Crippen LogP) is 2.74. The molecule has 2 rings (SSSR count). The van der Waals surface area contributed by atoms with Gasteiger partial charge in [0.1, 0.15) is 12.1 Å². The molecule has 3 nitrogen and oxygen atoms in total. The molecule has 2 fully saturated rings. The van der Waals surface area contributed by atoms with Gasteiger partial charge in [-0.15, -0.1) is 0 Å². The fraction of sp³-hybridized carbons (Fsp3) is 0.933. The molecule has 1 saturated heterocycles. The minimum Gasteiger partial charge on any atom is -0.461 e. The maximum Gasteiger partial charge on any atom is 0.323 e. The van der Waals surface area contributed by atoms with E-state index < -0.39 is 0 Å². The van der Waals surface area contributed by atoms with Crippen LogP contribution in [0.2, 0.25) is 0 Å². The summed E-state index contributed by atoms with van der Waals surface area (Å²) in [6, 6.07) is -0.0463. The normalized spacial score (nSPS) is 36.9. The quantitative estimate of drug-likeness (QED) is 0.786. The van der Waals surface area contributed by atoms with Crippen molar-refractivity contribution in [2.45, 2.75) is 65.0 Å². The van der Waals surface area contributed by atoms with Gasteiger partial charge in [-0.25, -0.2) is 0 Å². The van der Waals surface area contributed by atoms with Gasteiger partial charge in [0.25, 0.3) is 0 Å². The minimum absolute atomic E-state index is 0.0164. The summed E-state index contributed by atoms with van der Waals surface area (Å²) in [6.07, 6.45) is 5.69. The Balaban J connectivity index is 1.93. The highest BCUT2D eigenvalue weighted by Gasteiger charge is 2.35. The third kappa shape index (κ3) is 3.25. The zero-order valence-corrected chi connectivity index (χ0v) is 11.9. The Morgan fingerprint density at radius 1 is 1.28 bits per heavy atom. The minimum atomic E-state index is -0.0463. The van der Waals surface area contributed by atoms with Crippen LogP contribution in [0.4, 0.5) is 0 Å². The Kier molecular flexibility index (Phi) is 4.66. The van der Waals surface area contributed by atoms with E-state index in [1.807, 2.05) is 0 Å². The second-order valence-corrected chi connectivity index (χ2v) is 6.45. The third-order valence-corrected chi connectivity index (χ3v) is 4.57. The van der Waals surface area contributed by atoms with Gasteiger partial charge in [0, 0.05) is 0 Å². The molecule has 1 aliphatic heterocycles. The highest BCUT2D eigenvalue weighted by atomic mass is 16.5. The van der Waals surface area contributed by atoms with Crippen LogP contribution in [0.5, 0.6) is 0 Å². The molecule has 0 spiro atoms. The van der Waals surface area contributed by atoms with Crippen molar-refractivity contribution < 1.29 is 9.53 Å². The number of esters is 1. The zero-order valence-electron chi connectivity index (χ0n) is 11.9. The SMILES string of the molecule is CC1CCC(C(C)C)C(OC(=O)[C@H]2CCCN2)C1. The lowest BCUT2D eigenvalue weighted by Crippen LogP contribution is -2.40. The molecule has 1 aliphatic carbocycles. The summed E-state index contributed by atoms with van der Waals surface area (Å²) in [4.78, 5) is 12.1. The smallest absolute Gasteiger partial charge is 0.323 e. The molecule has 0 radical (unpaired) electrons. The average Bonchev–Trinajstić information content (AvgIpc) is 2.81. The lowest BCUT2D eigenvalue weighted by atomic mass is 9.75. The van der Waals surface area contributed by atoms with E-state index in [1.165, 1.54) is 12.8 Å². The summed E-state index contributed by atoms with van der Waals surface area (Å²) in [5, 5.41) is 3.23. The molecular formula is C15H27NO2. The molecule has 1 N–H and O–H groups in total. The standard InChI is InChI=1S/C15H27NO2/c1-10(2)12-7-6-11(3)9-14(12)18-15(17)13-5-4-8-16-13/h10-14,16H,4-9H2,1-3H3/t11?,12?,13-,14?/m1/s1. The maximum absolute atomic E-state index is 12.1. The first-order chi connectivity index (χ1) is 8.58. The van der Waals surface area contributed by atoms with Crippen LogP contribution >= 0.6 is 0 Å². The maximum atomic E-state index is 12.1. The van der Waals surface area contributed by atoms with Crippen molar-refractivity contribution in [2.24, 2.45) is 17.8 Å².